The van der Waals surface area contributed by atoms with Gasteiger partial charge in [0.25, 0.3) is 10.0 Å². The molecule has 0 spiro atoms. The molecule has 16 rings (SSSR count). The highest BCUT2D eigenvalue weighted by atomic mass is 32.2. The van der Waals surface area contributed by atoms with Crippen LogP contribution in [0.15, 0.2) is 188 Å². The van der Waals surface area contributed by atoms with Crippen LogP contribution in [0.4, 0.5) is 37.8 Å². The van der Waals surface area contributed by atoms with E-state index in [2.05, 4.69) is 63.5 Å². The van der Waals surface area contributed by atoms with Gasteiger partial charge >= 0.3 is 38.0 Å². The Morgan fingerprint density at radius 2 is 1.06 bits per heavy atom. The van der Waals surface area contributed by atoms with Crippen LogP contribution in [-0.4, -0.2) is 126 Å². The first-order valence-corrected chi connectivity index (χ1v) is 39.5. The number of oxazole rings is 1. The number of aryl methyl sites for hydroxylation is 1. The van der Waals surface area contributed by atoms with E-state index in [0.717, 1.165) is 56.2 Å². The number of para-hydroxylation sites is 6. The fourth-order valence-corrected chi connectivity index (χ4v) is 16.5. The van der Waals surface area contributed by atoms with Crippen molar-refractivity contribution in [2.45, 2.75) is 165 Å². The van der Waals surface area contributed by atoms with Crippen LogP contribution in [0.1, 0.15) is 146 Å². The van der Waals surface area contributed by atoms with Gasteiger partial charge in [0, 0.05) is 80.1 Å². The summed E-state index contributed by atoms with van der Waals surface area (Å²) in [6.45, 7) is 31.5. The third-order valence-corrected chi connectivity index (χ3v) is 21.9. The number of sulfonamides is 1. The van der Waals surface area contributed by atoms with Crippen LogP contribution in [-0.2, 0) is 48.8 Å². The second-order valence-electron chi connectivity index (χ2n) is 27.5. The minimum atomic E-state index is -3.41. The third kappa shape index (κ3) is 18.0. The first kappa shape index (κ1) is 81.8. The molecule has 578 valence electrons. The summed E-state index contributed by atoms with van der Waals surface area (Å²) < 4.78 is 112. The van der Waals surface area contributed by atoms with Gasteiger partial charge in [0.05, 0.1) is 62.7 Å². The maximum atomic E-state index is 12.7. The molecule has 12 heterocycles. The Morgan fingerprint density at radius 3 is 1.67 bits per heavy atom. The highest BCUT2D eigenvalue weighted by Crippen LogP contribution is 2.41. The molecule has 0 saturated carbocycles. The lowest BCUT2D eigenvalue weighted by molar-refractivity contribution is 0.139. The van der Waals surface area contributed by atoms with Gasteiger partial charge in [-0.25, -0.2) is 56.7 Å². The minimum absolute atomic E-state index is 0.0567. The zero-order chi connectivity index (χ0) is 79.7. The molecule has 4 aliphatic heterocycles. The van der Waals surface area contributed by atoms with E-state index in [-0.39, 0.29) is 65.5 Å². The first-order chi connectivity index (χ1) is 51.5. The van der Waals surface area contributed by atoms with Crippen molar-refractivity contribution < 1.29 is 43.6 Å². The van der Waals surface area contributed by atoms with Gasteiger partial charge in [-0.2, -0.15) is 29.7 Å². The highest BCUT2D eigenvalue weighted by molar-refractivity contribution is 7.95. The average molecular weight is 1550 g/mol. The number of aromatic nitrogens is 13. The van der Waals surface area contributed by atoms with Crippen molar-refractivity contribution in [1.29, 1.82) is 0 Å². The number of carbonyl (C=O) groups excluding carboxylic acids is 1. The fourth-order valence-electron chi connectivity index (χ4n) is 12.0. The lowest BCUT2D eigenvalue weighted by atomic mass is 10.0. The van der Waals surface area contributed by atoms with Gasteiger partial charge in [-0.1, -0.05) is 84.9 Å². The normalized spacial score (nSPS) is 14.6. The first-order valence-electron chi connectivity index (χ1n) is 35.3. The number of benzene rings is 4. The molecule has 0 saturated heterocycles. The van der Waals surface area contributed by atoms with Crippen LogP contribution < -0.4 is 34.0 Å². The van der Waals surface area contributed by atoms with Crippen molar-refractivity contribution in [3.63, 3.8) is 0 Å². The van der Waals surface area contributed by atoms with Crippen molar-refractivity contribution >= 4 is 115 Å². The van der Waals surface area contributed by atoms with Crippen molar-refractivity contribution in [3.05, 3.63) is 202 Å². The molecule has 30 nitrogen and oxygen atoms in total. The lowest BCUT2D eigenvalue weighted by Crippen LogP contribution is -2.41. The zero-order valence-corrected chi connectivity index (χ0v) is 66.5. The average Bonchev–Trinajstić information content (AvgIpc) is 1.60. The Hall–Kier alpha value is -11.3. The summed E-state index contributed by atoms with van der Waals surface area (Å²) in [5.74, 6) is 0.124. The summed E-state index contributed by atoms with van der Waals surface area (Å²) in [4.78, 5) is 53.0. The zero-order valence-electron chi connectivity index (χ0n) is 64.1. The molecule has 12 aromatic rings. The highest BCUT2D eigenvalue weighted by Gasteiger charge is 2.39. The smallest absolute Gasteiger partial charge is 0.421 e. The van der Waals surface area contributed by atoms with Crippen LogP contribution >= 0.6 is 0 Å². The van der Waals surface area contributed by atoms with E-state index in [9.17, 15) is 44.0 Å². The van der Waals surface area contributed by atoms with Gasteiger partial charge in [0.1, 0.15) is 29.3 Å². The van der Waals surface area contributed by atoms with E-state index in [0.29, 0.717) is 51.3 Å². The van der Waals surface area contributed by atoms with Crippen molar-refractivity contribution in [3.8, 4) is 0 Å². The molecule has 0 fully saturated rings. The largest absolute Gasteiger partial charge is 0.444 e. The molecular formula is C75H92FN19O11S3. The number of cyclic esters (lactones) is 1. The summed E-state index contributed by atoms with van der Waals surface area (Å²) in [6.07, 6.45) is 5.95. The van der Waals surface area contributed by atoms with Gasteiger partial charge < -0.3 is 9.15 Å². The van der Waals surface area contributed by atoms with Crippen LogP contribution in [0.3, 0.4) is 0 Å². The number of nitrogens with zero attached hydrogens (tertiary/aromatic N) is 18. The Bertz CT molecular complexity index is 5730. The minimum Gasteiger partial charge on any atom is -0.444 e. The van der Waals surface area contributed by atoms with Crippen molar-refractivity contribution in [2.75, 3.05) is 29.6 Å². The molecule has 34 heteroatoms. The van der Waals surface area contributed by atoms with E-state index in [1.807, 2.05) is 204 Å². The molecule has 0 atom stereocenters. The summed E-state index contributed by atoms with van der Waals surface area (Å²) in [5, 5.41) is 15.7. The number of hydrogen-bond donors (Lipinski definition) is 1. The number of amides is 1. The van der Waals surface area contributed by atoms with E-state index >= 15 is 0 Å². The Morgan fingerprint density at radius 1 is 0.514 bits per heavy atom. The van der Waals surface area contributed by atoms with Crippen LogP contribution in [0.25, 0.3) is 44.6 Å². The molecule has 0 bridgehead atoms. The van der Waals surface area contributed by atoms with Gasteiger partial charge in [-0.15, -0.1) is 10.2 Å². The number of imidazole rings is 1. The van der Waals surface area contributed by atoms with Crippen molar-refractivity contribution in [1.82, 2.24) is 63.6 Å². The molecule has 0 unspecified atom stereocenters. The maximum absolute atomic E-state index is 12.7. The summed E-state index contributed by atoms with van der Waals surface area (Å²) in [7, 11) is -6.74. The number of rotatable bonds is 8. The summed E-state index contributed by atoms with van der Waals surface area (Å²) in [5.41, 5.74) is 11.3. The second kappa shape index (κ2) is 34.3. The molecule has 4 aromatic carbocycles. The fraction of sp³-hybridized carbons (Fsp3) is 0.360. The molecule has 1 N–H and O–H groups in total. The van der Waals surface area contributed by atoms with Crippen molar-refractivity contribution in [2.24, 2.45) is 17.4 Å². The van der Waals surface area contributed by atoms with Gasteiger partial charge in [-0.05, 0) is 176 Å². The number of halogens is 1. The number of hydrogen-bond acceptors (Lipinski definition) is 19. The summed E-state index contributed by atoms with van der Waals surface area (Å²) in [6, 6.07) is 42.4. The van der Waals surface area contributed by atoms with Crippen LogP contribution in [0.2, 0.25) is 0 Å². The number of nitrogens with one attached hydrogen (secondary N) is 1. The molecule has 8 aromatic heterocycles. The van der Waals surface area contributed by atoms with Gasteiger partial charge in [-0.3, -0.25) is 27.6 Å². The van der Waals surface area contributed by atoms with E-state index in [1.165, 1.54) is 29.7 Å². The van der Waals surface area contributed by atoms with Gasteiger partial charge in [0.15, 0.2) is 22.5 Å². The second-order valence-corrected chi connectivity index (χ2v) is 32.5. The molecule has 0 aliphatic carbocycles. The molecule has 4 aliphatic rings. The quantitative estimate of drug-likeness (QED) is 0.148. The number of pyridine rings is 4. The van der Waals surface area contributed by atoms with Gasteiger partial charge in [0.2, 0.25) is 0 Å². The molecule has 0 radical (unpaired) electrons. The monoisotopic (exact) mass is 1550 g/mol. The Kier molecular flexibility index (Phi) is 25.8. The number of carbonyl (C=O) groups is 1. The predicted molar refractivity (Wildman–Crippen MR) is 423 cm³/mol. The molecular weight excluding hydrogens is 1460 g/mol. The lowest BCUT2D eigenvalue weighted by Gasteiger charge is -2.30. The van der Waals surface area contributed by atoms with E-state index < -0.39 is 30.4 Å². The maximum Gasteiger partial charge on any atom is 0.421 e. The predicted octanol–water partition coefficient (Wildman–Crippen LogP) is 13.4. The van der Waals surface area contributed by atoms with E-state index in [1.54, 1.807) is 82.3 Å². The Balaban J connectivity index is 0.000000144. The standard InChI is InChI=1S/C11H14N2O.C10H14N2O2S.C10H12N2O2.C10H11NO2S.C9H12N2O2S.C9H10N2O2.C8H9FN4.C8H10N4/c1-8(2)13-10-7-5-4-6-9(10)12(3)11(13)14;1-8(2)12-10-7-5-4-6-9(10)11(3)15(12,13)14;1-7(2)12-9-8(4-3-5-11-9)6-14-10(12)13;1-7(2)10-8-5-3-4-6-9(8)14(12,13)11-10;1-7(2)11-9-6-4-3-5-8(9)10-14(11,12)13;1-6(2)11-8-7(13-9(11)12)4-3-5-10-8;1-5(2)13-8-7(11-12-13)3-6(9)4-10-8;1-6(2)12-8-7(10-11-12)4-3-5-9-8/h4-8H,1-3H3;4-8H,1-3H3;3-5,7H,6H2,1-2H3;3-7H,1-2H3;3-7,10H,1-2H3;3-6H,1-2H3;3-5H,1-2H3;3-6H,1-2H3. The molecule has 109 heavy (non-hydrogen) atoms. The SMILES string of the molecule is CC(C)C1=NS(=O)(=O)c2ccccc21.CC(C)N1C(=O)OCc2cccnc21.CC(C)N1c2ccccc2N(C)S1(=O)=O.CC(C)N1c2ccccc2NS1(=O)=O.CC(C)n1c(=O)n(C)c2ccccc21.CC(C)n1c(=O)oc2cccnc21.CC(C)n1nnc2cc(F)cnc21.CC(C)n1nnc2cccnc21. The number of ether oxygens (including phenoxy) is 1. The van der Waals surface area contributed by atoms with Crippen LogP contribution in [0.5, 0.6) is 0 Å². The summed E-state index contributed by atoms with van der Waals surface area (Å²) >= 11 is 0. The topological polar surface area (TPSA) is 341 Å². The third-order valence-electron chi connectivity index (χ3n) is 16.9. The number of fused-ring (bicyclic) bond motifs is 8. The van der Waals surface area contributed by atoms with Crippen LogP contribution in [0, 0.1) is 11.7 Å². The Labute approximate surface area is 633 Å². The number of anilines is 5. The molecule has 1 amide bonds. The van der Waals surface area contributed by atoms with E-state index in [4.69, 9.17) is 9.15 Å².